The molecule has 51 heavy (non-hydrogen) atoms. The highest BCUT2D eigenvalue weighted by Crippen LogP contribution is 2.36. The molecule has 4 nitrogen and oxygen atoms in total. The van der Waals surface area contributed by atoms with E-state index in [1.165, 1.54) is 5.57 Å². The fourth-order valence-corrected chi connectivity index (χ4v) is 6.56. The minimum absolute atomic E-state index is 0.249. The Hall–Kier alpha value is -5.68. The van der Waals surface area contributed by atoms with E-state index in [9.17, 15) is 0 Å². The number of nitrogens with zero attached hydrogens (tertiary/aromatic N) is 4. The van der Waals surface area contributed by atoms with E-state index in [0.717, 1.165) is 67.3 Å². The van der Waals surface area contributed by atoms with Gasteiger partial charge >= 0.3 is 0 Å². The number of aromatic nitrogens is 4. The van der Waals surface area contributed by atoms with Crippen molar-refractivity contribution in [1.82, 2.24) is 19.9 Å². The maximum Gasteiger partial charge on any atom is 0.164 e. The maximum atomic E-state index is 6.44. The molecule has 6 heteroatoms. The molecular formula is C45H32Cl2N4. The van der Waals surface area contributed by atoms with Crippen LogP contribution in [0.25, 0.3) is 73.2 Å². The summed E-state index contributed by atoms with van der Waals surface area (Å²) in [6, 6.07) is 49.2. The molecule has 0 N–H and O–H groups in total. The van der Waals surface area contributed by atoms with E-state index in [2.05, 4.69) is 67.6 Å². The molecule has 0 bridgehead atoms. The van der Waals surface area contributed by atoms with Gasteiger partial charge in [-0.25, -0.2) is 19.9 Å². The summed E-state index contributed by atoms with van der Waals surface area (Å²) in [5, 5.41) is 1.58. The molecule has 0 saturated heterocycles. The summed E-state index contributed by atoms with van der Waals surface area (Å²) < 4.78 is 0. The Labute approximate surface area is 307 Å². The first kappa shape index (κ1) is 32.5. The molecule has 0 spiro atoms. The highest BCUT2D eigenvalue weighted by atomic mass is 35.5. The van der Waals surface area contributed by atoms with Gasteiger partial charge in [0.1, 0.15) is 0 Å². The lowest BCUT2D eigenvalue weighted by atomic mass is 9.91. The van der Waals surface area contributed by atoms with Gasteiger partial charge in [0.25, 0.3) is 0 Å². The van der Waals surface area contributed by atoms with Crippen molar-refractivity contribution in [3.63, 3.8) is 0 Å². The number of pyridine rings is 1. The lowest BCUT2D eigenvalue weighted by molar-refractivity contribution is 0.731. The zero-order valence-corrected chi connectivity index (χ0v) is 29.4. The van der Waals surface area contributed by atoms with Crippen LogP contribution >= 0.6 is 23.2 Å². The number of hydrogen-bond acceptors (Lipinski definition) is 4. The zero-order chi connectivity index (χ0) is 34.7. The first-order chi connectivity index (χ1) is 25.0. The summed E-state index contributed by atoms with van der Waals surface area (Å²) in [4.78, 5) is 19.9. The molecule has 0 fully saturated rings. The van der Waals surface area contributed by atoms with Crippen molar-refractivity contribution in [3.8, 4) is 67.7 Å². The van der Waals surface area contributed by atoms with E-state index in [-0.39, 0.29) is 5.92 Å². The van der Waals surface area contributed by atoms with E-state index in [1.807, 2.05) is 97.1 Å². The fraction of sp³-hybridized carbons (Fsp3) is 0.0667. The van der Waals surface area contributed by atoms with Gasteiger partial charge in [0.15, 0.2) is 17.5 Å². The third-order valence-corrected chi connectivity index (χ3v) is 9.86. The average molecular weight is 700 g/mol. The topological polar surface area (TPSA) is 51.6 Å². The standard InChI is InChI=1S/C45H32Cl2N4/c1-29-25-36(21-24-40(29)47)42-28-38(31-19-22-39(46)23-20-31)27-41(48-42)32-17-15-30(16-18-32)35-13-8-14-37(26-35)45-50-43(33-9-4-2-5-10-33)49-44(51-45)34-11-6-3-7-12-34/h2-24,26-29H,25H2,1H3/t29-/m0/s1. The van der Waals surface area contributed by atoms with Crippen LogP contribution in [-0.4, -0.2) is 19.9 Å². The molecule has 2 heterocycles. The van der Waals surface area contributed by atoms with Crippen LogP contribution in [0.15, 0.2) is 163 Å². The van der Waals surface area contributed by atoms with Crippen LogP contribution < -0.4 is 0 Å². The van der Waals surface area contributed by atoms with Crippen LogP contribution in [0.1, 0.15) is 19.0 Å². The summed E-state index contributed by atoms with van der Waals surface area (Å²) in [5.74, 6) is 2.15. The molecule has 246 valence electrons. The van der Waals surface area contributed by atoms with Crippen LogP contribution in [0.3, 0.4) is 0 Å². The smallest absolute Gasteiger partial charge is 0.164 e. The monoisotopic (exact) mass is 698 g/mol. The van der Waals surface area contributed by atoms with Gasteiger partial charge in [0.2, 0.25) is 0 Å². The summed E-state index contributed by atoms with van der Waals surface area (Å²) in [5.41, 5.74) is 11.2. The Bertz CT molecular complexity index is 2350. The molecule has 5 aromatic carbocycles. The molecule has 0 saturated carbocycles. The van der Waals surface area contributed by atoms with Crippen LogP contribution in [-0.2, 0) is 0 Å². The molecule has 0 radical (unpaired) electrons. The largest absolute Gasteiger partial charge is 0.248 e. The number of rotatable bonds is 7. The van der Waals surface area contributed by atoms with E-state index >= 15 is 0 Å². The average Bonchev–Trinajstić information content (AvgIpc) is 3.19. The Morgan fingerprint density at radius 1 is 0.431 bits per heavy atom. The lowest BCUT2D eigenvalue weighted by Crippen LogP contribution is -2.03. The van der Waals surface area contributed by atoms with Crippen LogP contribution in [0, 0.1) is 5.92 Å². The molecule has 1 aliphatic carbocycles. The Morgan fingerprint density at radius 2 is 0.941 bits per heavy atom. The van der Waals surface area contributed by atoms with Gasteiger partial charge in [0.05, 0.1) is 11.4 Å². The Kier molecular flexibility index (Phi) is 9.11. The molecule has 1 atom stereocenters. The third-order valence-electron chi connectivity index (χ3n) is 9.11. The van der Waals surface area contributed by atoms with E-state index in [1.54, 1.807) is 0 Å². The van der Waals surface area contributed by atoms with Crippen molar-refractivity contribution in [2.24, 2.45) is 5.92 Å². The molecular weight excluding hydrogens is 667 g/mol. The molecule has 2 aromatic heterocycles. The highest BCUT2D eigenvalue weighted by molar-refractivity contribution is 6.30. The molecule has 0 aliphatic heterocycles. The van der Waals surface area contributed by atoms with Crippen LogP contribution in [0.5, 0.6) is 0 Å². The SMILES string of the molecule is C[C@H]1CC(c2cc(-c3ccc(Cl)cc3)cc(-c3ccc(-c4cccc(-c5nc(-c6ccccc6)nc(-c6ccccc6)n5)c4)cc3)n2)=CC=C1Cl. The van der Waals surface area contributed by atoms with Crippen molar-refractivity contribution >= 4 is 28.8 Å². The van der Waals surface area contributed by atoms with Gasteiger partial charge in [-0.2, -0.15) is 0 Å². The van der Waals surface area contributed by atoms with Crippen LogP contribution in [0.2, 0.25) is 5.02 Å². The molecule has 7 aromatic rings. The van der Waals surface area contributed by atoms with Crippen molar-refractivity contribution in [2.75, 3.05) is 0 Å². The van der Waals surface area contributed by atoms with Gasteiger partial charge in [-0.1, -0.05) is 151 Å². The maximum absolute atomic E-state index is 6.44. The summed E-state index contributed by atoms with van der Waals surface area (Å²) >= 11 is 12.7. The molecule has 8 rings (SSSR count). The first-order valence-corrected chi connectivity index (χ1v) is 17.7. The minimum Gasteiger partial charge on any atom is -0.248 e. The van der Waals surface area contributed by atoms with Gasteiger partial charge in [-0.3, -0.25) is 0 Å². The predicted molar refractivity (Wildman–Crippen MR) is 211 cm³/mol. The number of halogens is 2. The Morgan fingerprint density at radius 3 is 1.57 bits per heavy atom. The second-order valence-electron chi connectivity index (χ2n) is 12.7. The zero-order valence-electron chi connectivity index (χ0n) is 27.8. The summed E-state index contributed by atoms with van der Waals surface area (Å²) in [6.07, 6.45) is 4.92. The number of allylic oxidation sites excluding steroid dienone is 4. The normalized spacial score (nSPS) is 14.1. The second kappa shape index (κ2) is 14.3. The van der Waals surface area contributed by atoms with Crippen molar-refractivity contribution in [3.05, 3.63) is 173 Å². The van der Waals surface area contributed by atoms with E-state index in [0.29, 0.717) is 22.5 Å². The van der Waals surface area contributed by atoms with Crippen LogP contribution in [0.4, 0.5) is 0 Å². The second-order valence-corrected chi connectivity index (χ2v) is 13.6. The van der Waals surface area contributed by atoms with Crippen molar-refractivity contribution < 1.29 is 0 Å². The lowest BCUT2D eigenvalue weighted by Gasteiger charge is -2.19. The highest BCUT2D eigenvalue weighted by Gasteiger charge is 2.18. The quantitative estimate of drug-likeness (QED) is 0.166. The molecule has 0 unspecified atom stereocenters. The van der Waals surface area contributed by atoms with Gasteiger partial charge < -0.3 is 0 Å². The van der Waals surface area contributed by atoms with Gasteiger partial charge in [-0.05, 0) is 76.6 Å². The van der Waals surface area contributed by atoms with Gasteiger partial charge in [-0.15, -0.1) is 0 Å². The first-order valence-electron chi connectivity index (χ1n) is 16.9. The summed E-state index contributed by atoms with van der Waals surface area (Å²) in [6.45, 7) is 2.15. The minimum atomic E-state index is 0.249. The van der Waals surface area contributed by atoms with Crippen molar-refractivity contribution in [1.29, 1.82) is 0 Å². The fourth-order valence-electron chi connectivity index (χ4n) is 6.29. The van der Waals surface area contributed by atoms with Gasteiger partial charge in [0, 0.05) is 32.3 Å². The number of hydrogen-bond donors (Lipinski definition) is 0. The Balaban J connectivity index is 1.15. The number of benzene rings is 5. The van der Waals surface area contributed by atoms with E-state index in [4.69, 9.17) is 43.1 Å². The molecule has 0 amide bonds. The van der Waals surface area contributed by atoms with Crippen molar-refractivity contribution in [2.45, 2.75) is 13.3 Å². The third kappa shape index (κ3) is 7.16. The summed E-state index contributed by atoms with van der Waals surface area (Å²) in [7, 11) is 0. The van der Waals surface area contributed by atoms with E-state index < -0.39 is 0 Å². The predicted octanol–water partition coefficient (Wildman–Crippen LogP) is 12.5. The molecule has 1 aliphatic rings.